The van der Waals surface area contributed by atoms with E-state index >= 15 is 0 Å². The van der Waals surface area contributed by atoms with Gasteiger partial charge in [0.1, 0.15) is 0 Å². The van der Waals surface area contributed by atoms with Crippen LogP contribution < -0.4 is 0 Å². The van der Waals surface area contributed by atoms with Gasteiger partial charge in [0.15, 0.2) is 10.5 Å². The highest BCUT2D eigenvalue weighted by Gasteiger charge is 2.28. The van der Waals surface area contributed by atoms with Crippen molar-refractivity contribution < 1.29 is 9.21 Å². The number of Topliss-reactive ketones (excluding diaryl/α,β-unsaturated/α-hetero) is 1. The molecule has 0 N–H and O–H groups in total. The van der Waals surface area contributed by atoms with Crippen LogP contribution in [0.3, 0.4) is 0 Å². The molecule has 2 nitrogen and oxygen atoms in total. The van der Waals surface area contributed by atoms with E-state index in [1.807, 2.05) is 12.1 Å². The van der Waals surface area contributed by atoms with Crippen LogP contribution in [0, 0.1) is 0 Å². The lowest BCUT2D eigenvalue weighted by Gasteiger charge is -2.29. The summed E-state index contributed by atoms with van der Waals surface area (Å²) < 4.78 is 5.62. The van der Waals surface area contributed by atoms with Crippen LogP contribution >= 0.6 is 15.9 Å². The van der Waals surface area contributed by atoms with Crippen molar-refractivity contribution in [1.29, 1.82) is 0 Å². The summed E-state index contributed by atoms with van der Waals surface area (Å²) in [7, 11) is 0. The largest absolute Gasteiger partial charge is 0.457 e. The second-order valence-electron chi connectivity index (χ2n) is 4.34. The van der Waals surface area contributed by atoms with Crippen molar-refractivity contribution in [1.82, 2.24) is 0 Å². The summed E-state index contributed by atoms with van der Waals surface area (Å²) in [6, 6.07) is 10.0. The van der Waals surface area contributed by atoms with Crippen LogP contribution in [0.2, 0.25) is 0 Å². The standard InChI is InChI=1S/C14H11BrO2/c15-14-12(5-6-17-14)13(16)8-10-7-9-3-1-2-4-11(9)10/h1-6,10H,7-8H2. The fraction of sp³-hybridized carbons (Fsp3) is 0.214. The molecular formula is C14H11BrO2. The third-order valence-electron chi connectivity index (χ3n) is 3.31. The topological polar surface area (TPSA) is 30.2 Å². The van der Waals surface area contributed by atoms with Gasteiger partial charge < -0.3 is 4.42 Å². The van der Waals surface area contributed by atoms with Gasteiger partial charge in [-0.05, 0) is 45.5 Å². The number of ketones is 1. The maximum Gasteiger partial charge on any atom is 0.179 e. The zero-order chi connectivity index (χ0) is 11.8. The van der Waals surface area contributed by atoms with Gasteiger partial charge in [0, 0.05) is 6.42 Å². The summed E-state index contributed by atoms with van der Waals surface area (Å²) in [5, 5.41) is 0. The number of hydrogen-bond acceptors (Lipinski definition) is 2. The smallest absolute Gasteiger partial charge is 0.179 e. The first kappa shape index (κ1) is 10.8. The fourth-order valence-electron chi connectivity index (χ4n) is 2.37. The number of furan rings is 1. The van der Waals surface area contributed by atoms with Crippen LogP contribution in [-0.4, -0.2) is 5.78 Å². The summed E-state index contributed by atoms with van der Waals surface area (Å²) in [4.78, 5) is 12.0. The molecule has 1 aliphatic rings. The predicted molar refractivity (Wildman–Crippen MR) is 68.2 cm³/mol. The molecule has 2 aromatic rings. The Kier molecular flexibility index (Phi) is 2.63. The molecule has 0 fully saturated rings. The molecule has 1 aromatic carbocycles. The van der Waals surface area contributed by atoms with Gasteiger partial charge in [-0.3, -0.25) is 4.79 Å². The van der Waals surface area contributed by atoms with Gasteiger partial charge in [-0.15, -0.1) is 0 Å². The Morgan fingerprint density at radius 2 is 2.18 bits per heavy atom. The molecule has 0 aliphatic heterocycles. The number of hydrogen-bond donors (Lipinski definition) is 0. The summed E-state index contributed by atoms with van der Waals surface area (Å²) in [5.74, 6) is 0.519. The van der Waals surface area contributed by atoms with E-state index in [9.17, 15) is 4.79 Å². The Bertz CT molecular complexity index is 571. The molecular weight excluding hydrogens is 280 g/mol. The zero-order valence-corrected chi connectivity index (χ0v) is 10.7. The van der Waals surface area contributed by atoms with E-state index < -0.39 is 0 Å². The van der Waals surface area contributed by atoms with E-state index in [1.165, 1.54) is 17.4 Å². The molecule has 1 unspecified atom stereocenters. The first-order chi connectivity index (χ1) is 8.25. The quantitative estimate of drug-likeness (QED) is 0.801. The summed E-state index contributed by atoms with van der Waals surface area (Å²) >= 11 is 3.24. The molecule has 0 saturated heterocycles. The monoisotopic (exact) mass is 290 g/mol. The average molecular weight is 291 g/mol. The molecule has 0 radical (unpaired) electrons. The van der Waals surface area contributed by atoms with Gasteiger partial charge in [-0.1, -0.05) is 24.3 Å². The third-order valence-corrected chi connectivity index (χ3v) is 3.93. The molecule has 1 heterocycles. The molecule has 1 atom stereocenters. The van der Waals surface area contributed by atoms with Crippen molar-refractivity contribution in [3.05, 3.63) is 58.0 Å². The van der Waals surface area contributed by atoms with Crippen molar-refractivity contribution in [3.8, 4) is 0 Å². The van der Waals surface area contributed by atoms with Gasteiger partial charge >= 0.3 is 0 Å². The minimum absolute atomic E-state index is 0.144. The van der Waals surface area contributed by atoms with Crippen LogP contribution in [0.15, 0.2) is 45.7 Å². The summed E-state index contributed by atoms with van der Waals surface area (Å²) in [5.41, 5.74) is 3.34. The Balaban J connectivity index is 1.75. The maximum atomic E-state index is 12.0. The van der Waals surface area contributed by atoms with Crippen molar-refractivity contribution >= 4 is 21.7 Å². The molecule has 3 heteroatoms. The first-order valence-corrected chi connectivity index (χ1v) is 6.39. The van der Waals surface area contributed by atoms with Gasteiger partial charge in [-0.2, -0.15) is 0 Å². The highest BCUT2D eigenvalue weighted by atomic mass is 79.9. The minimum Gasteiger partial charge on any atom is -0.457 e. The summed E-state index contributed by atoms with van der Waals surface area (Å²) in [6.45, 7) is 0. The normalized spacial score (nSPS) is 17.4. The van der Waals surface area contributed by atoms with E-state index in [0.717, 1.165) is 6.42 Å². The van der Waals surface area contributed by atoms with Crippen molar-refractivity contribution in [2.75, 3.05) is 0 Å². The molecule has 17 heavy (non-hydrogen) atoms. The third kappa shape index (κ3) is 1.84. The lowest BCUT2D eigenvalue weighted by Crippen LogP contribution is -2.20. The van der Waals surface area contributed by atoms with Crippen molar-refractivity contribution in [2.24, 2.45) is 0 Å². The lowest BCUT2D eigenvalue weighted by atomic mass is 9.75. The summed E-state index contributed by atoms with van der Waals surface area (Å²) in [6.07, 6.45) is 3.11. The van der Waals surface area contributed by atoms with E-state index in [2.05, 4.69) is 28.1 Å². The average Bonchev–Trinajstić information content (AvgIpc) is 2.72. The Morgan fingerprint density at radius 3 is 2.88 bits per heavy atom. The molecule has 0 saturated carbocycles. The molecule has 86 valence electrons. The van der Waals surface area contributed by atoms with Gasteiger partial charge in [0.2, 0.25) is 0 Å². The zero-order valence-electron chi connectivity index (χ0n) is 9.15. The predicted octanol–water partition coefficient (Wildman–Crippen LogP) is 3.95. The Hall–Kier alpha value is -1.35. The molecule has 1 aromatic heterocycles. The van der Waals surface area contributed by atoms with Crippen LogP contribution in [0.25, 0.3) is 0 Å². The van der Waals surface area contributed by atoms with E-state index in [4.69, 9.17) is 4.42 Å². The van der Waals surface area contributed by atoms with Crippen molar-refractivity contribution in [3.63, 3.8) is 0 Å². The number of carbonyl (C=O) groups excluding carboxylic acids is 1. The highest BCUT2D eigenvalue weighted by Crippen LogP contribution is 2.38. The molecule has 3 rings (SSSR count). The molecule has 0 amide bonds. The van der Waals surface area contributed by atoms with Gasteiger partial charge in [-0.25, -0.2) is 0 Å². The van der Waals surface area contributed by atoms with E-state index in [0.29, 0.717) is 22.6 Å². The van der Waals surface area contributed by atoms with E-state index in [1.54, 1.807) is 6.07 Å². The number of rotatable bonds is 3. The number of benzene rings is 1. The van der Waals surface area contributed by atoms with Gasteiger partial charge in [0.05, 0.1) is 11.8 Å². The highest BCUT2D eigenvalue weighted by molar-refractivity contribution is 9.10. The Labute approximate surface area is 108 Å². The first-order valence-electron chi connectivity index (χ1n) is 5.59. The molecule has 1 aliphatic carbocycles. The van der Waals surface area contributed by atoms with Crippen LogP contribution in [0.1, 0.15) is 33.8 Å². The Morgan fingerprint density at radius 1 is 1.35 bits per heavy atom. The number of carbonyl (C=O) groups is 1. The second kappa shape index (κ2) is 4.15. The fourth-order valence-corrected chi connectivity index (χ4v) is 2.83. The van der Waals surface area contributed by atoms with Crippen LogP contribution in [0.4, 0.5) is 0 Å². The molecule has 0 spiro atoms. The number of halogens is 1. The second-order valence-corrected chi connectivity index (χ2v) is 5.06. The van der Waals surface area contributed by atoms with Crippen molar-refractivity contribution in [2.45, 2.75) is 18.8 Å². The van der Waals surface area contributed by atoms with Gasteiger partial charge in [0.25, 0.3) is 0 Å². The van der Waals surface area contributed by atoms with Crippen LogP contribution in [0.5, 0.6) is 0 Å². The lowest BCUT2D eigenvalue weighted by molar-refractivity contribution is 0.0969. The maximum absolute atomic E-state index is 12.0. The van der Waals surface area contributed by atoms with E-state index in [-0.39, 0.29) is 5.78 Å². The minimum atomic E-state index is 0.144. The number of fused-ring (bicyclic) bond motifs is 1. The SMILES string of the molecule is O=C(CC1Cc2ccccc21)c1ccoc1Br. The molecule has 0 bridgehead atoms. The van der Waals surface area contributed by atoms with Crippen LogP contribution in [-0.2, 0) is 6.42 Å².